The predicted octanol–water partition coefficient (Wildman–Crippen LogP) is 2.87. The van der Waals surface area contributed by atoms with Gasteiger partial charge < -0.3 is 9.73 Å². The second-order valence-electron chi connectivity index (χ2n) is 5.37. The highest BCUT2D eigenvalue weighted by Crippen LogP contribution is 2.23. The standard InChI is InChI=1S/C18H13N3O3S/c22-15-11-13(21-8-10-25-18(21)19-15)17(23)20-16(14-7-4-9-24-14)12-5-2-1-3-6-12/h1-11,16H,(H,20,23)/t16-/m0/s1. The molecule has 0 bridgehead atoms. The molecule has 3 heterocycles. The number of benzene rings is 1. The maximum Gasteiger partial charge on any atom is 0.274 e. The van der Waals surface area contributed by atoms with E-state index in [1.807, 2.05) is 30.3 Å². The number of hydrogen-bond acceptors (Lipinski definition) is 5. The van der Waals surface area contributed by atoms with E-state index >= 15 is 0 Å². The summed E-state index contributed by atoms with van der Waals surface area (Å²) < 4.78 is 7.09. The van der Waals surface area contributed by atoms with E-state index in [-0.39, 0.29) is 11.6 Å². The van der Waals surface area contributed by atoms with Crippen molar-refractivity contribution in [3.05, 3.63) is 93.7 Å². The first-order valence-electron chi connectivity index (χ1n) is 7.58. The van der Waals surface area contributed by atoms with Gasteiger partial charge in [-0.3, -0.25) is 14.0 Å². The molecule has 0 aliphatic heterocycles. The van der Waals surface area contributed by atoms with Crippen LogP contribution in [0, 0.1) is 0 Å². The molecule has 1 N–H and O–H groups in total. The number of aromatic nitrogens is 2. The molecule has 1 aromatic carbocycles. The van der Waals surface area contributed by atoms with Crippen molar-refractivity contribution >= 4 is 22.2 Å². The number of hydrogen-bond donors (Lipinski definition) is 1. The van der Waals surface area contributed by atoms with Crippen LogP contribution in [0.15, 0.2) is 75.6 Å². The Morgan fingerprint density at radius 3 is 2.80 bits per heavy atom. The summed E-state index contributed by atoms with van der Waals surface area (Å²) in [5.41, 5.74) is 0.680. The highest BCUT2D eigenvalue weighted by atomic mass is 32.1. The molecule has 0 fully saturated rings. The maximum absolute atomic E-state index is 12.9. The van der Waals surface area contributed by atoms with Crippen LogP contribution in [0.3, 0.4) is 0 Å². The van der Waals surface area contributed by atoms with E-state index in [0.717, 1.165) is 5.56 Å². The fourth-order valence-corrected chi connectivity index (χ4v) is 3.37. The third-order valence-corrected chi connectivity index (χ3v) is 4.54. The summed E-state index contributed by atoms with van der Waals surface area (Å²) in [4.78, 5) is 29.0. The van der Waals surface area contributed by atoms with Crippen LogP contribution in [0.4, 0.5) is 0 Å². The summed E-state index contributed by atoms with van der Waals surface area (Å²) in [5.74, 6) is 0.237. The molecule has 1 amide bonds. The third kappa shape index (κ3) is 2.97. The van der Waals surface area contributed by atoms with E-state index in [2.05, 4.69) is 10.3 Å². The summed E-state index contributed by atoms with van der Waals surface area (Å²) in [6, 6.07) is 13.9. The summed E-state index contributed by atoms with van der Waals surface area (Å²) in [5, 5.41) is 4.72. The normalized spacial score (nSPS) is 12.2. The molecule has 0 radical (unpaired) electrons. The Morgan fingerprint density at radius 1 is 1.20 bits per heavy atom. The van der Waals surface area contributed by atoms with Gasteiger partial charge in [0.25, 0.3) is 11.5 Å². The van der Waals surface area contributed by atoms with Gasteiger partial charge in [0, 0.05) is 17.6 Å². The number of nitrogens with zero attached hydrogens (tertiary/aromatic N) is 2. The molecule has 0 unspecified atom stereocenters. The Morgan fingerprint density at radius 2 is 2.04 bits per heavy atom. The Balaban J connectivity index is 1.74. The molecule has 0 spiro atoms. The fraction of sp³-hybridized carbons (Fsp3) is 0.0556. The molecule has 0 saturated carbocycles. The predicted molar refractivity (Wildman–Crippen MR) is 93.8 cm³/mol. The molecule has 4 aromatic rings. The van der Waals surface area contributed by atoms with Gasteiger partial charge in [-0.2, -0.15) is 4.98 Å². The number of thiazole rings is 1. The van der Waals surface area contributed by atoms with E-state index in [0.29, 0.717) is 10.7 Å². The lowest BCUT2D eigenvalue weighted by molar-refractivity contribution is 0.0932. The lowest BCUT2D eigenvalue weighted by atomic mass is 10.0. The largest absolute Gasteiger partial charge is 0.467 e. The van der Waals surface area contributed by atoms with Crippen LogP contribution >= 0.6 is 11.3 Å². The van der Waals surface area contributed by atoms with Gasteiger partial charge in [0.05, 0.1) is 6.26 Å². The highest BCUT2D eigenvalue weighted by molar-refractivity contribution is 7.15. The molecule has 6 nitrogen and oxygen atoms in total. The minimum Gasteiger partial charge on any atom is -0.467 e. The van der Waals surface area contributed by atoms with Crippen molar-refractivity contribution in [1.29, 1.82) is 0 Å². The van der Waals surface area contributed by atoms with E-state index in [1.165, 1.54) is 17.4 Å². The average molecular weight is 351 g/mol. The monoisotopic (exact) mass is 351 g/mol. The summed E-state index contributed by atoms with van der Waals surface area (Å²) in [7, 11) is 0. The van der Waals surface area contributed by atoms with Gasteiger partial charge in [0.15, 0.2) is 4.96 Å². The molecule has 3 aromatic heterocycles. The third-order valence-electron chi connectivity index (χ3n) is 3.78. The molecule has 124 valence electrons. The zero-order valence-corrected chi connectivity index (χ0v) is 13.8. The van der Waals surface area contributed by atoms with Crippen molar-refractivity contribution in [2.75, 3.05) is 0 Å². The molecule has 0 aliphatic carbocycles. The lowest BCUT2D eigenvalue weighted by Crippen LogP contribution is -2.31. The highest BCUT2D eigenvalue weighted by Gasteiger charge is 2.22. The Labute approximate surface area is 146 Å². The zero-order valence-electron chi connectivity index (χ0n) is 13.0. The summed E-state index contributed by atoms with van der Waals surface area (Å²) in [6.07, 6.45) is 3.28. The molecule has 0 saturated heterocycles. The second-order valence-corrected chi connectivity index (χ2v) is 6.24. The average Bonchev–Trinajstić information content (AvgIpc) is 3.31. The van der Waals surface area contributed by atoms with Gasteiger partial charge in [0.1, 0.15) is 17.5 Å². The van der Waals surface area contributed by atoms with Crippen LogP contribution in [0.25, 0.3) is 4.96 Å². The van der Waals surface area contributed by atoms with E-state index in [1.54, 1.807) is 34.4 Å². The van der Waals surface area contributed by atoms with Crippen molar-refractivity contribution in [3.63, 3.8) is 0 Å². The van der Waals surface area contributed by atoms with Crippen molar-refractivity contribution in [3.8, 4) is 0 Å². The molecular weight excluding hydrogens is 338 g/mol. The van der Waals surface area contributed by atoms with Crippen molar-refractivity contribution in [1.82, 2.24) is 14.7 Å². The first-order chi connectivity index (χ1) is 12.2. The quantitative estimate of drug-likeness (QED) is 0.613. The van der Waals surface area contributed by atoms with Crippen LogP contribution in [-0.2, 0) is 0 Å². The van der Waals surface area contributed by atoms with Crippen LogP contribution < -0.4 is 10.9 Å². The second kappa shape index (κ2) is 6.37. The molecule has 4 rings (SSSR count). The fourth-order valence-electron chi connectivity index (χ4n) is 2.65. The number of rotatable bonds is 4. The summed E-state index contributed by atoms with van der Waals surface area (Å²) in [6.45, 7) is 0. The first-order valence-corrected chi connectivity index (χ1v) is 8.46. The van der Waals surface area contributed by atoms with Crippen molar-refractivity contribution in [2.24, 2.45) is 0 Å². The number of carbonyl (C=O) groups excluding carboxylic acids is 1. The molecule has 25 heavy (non-hydrogen) atoms. The maximum atomic E-state index is 12.9. The van der Waals surface area contributed by atoms with Gasteiger partial charge in [0.2, 0.25) is 0 Å². The molecule has 1 atom stereocenters. The van der Waals surface area contributed by atoms with Crippen LogP contribution in [0.2, 0.25) is 0 Å². The smallest absolute Gasteiger partial charge is 0.274 e. The van der Waals surface area contributed by atoms with Crippen LogP contribution in [0.5, 0.6) is 0 Å². The minimum absolute atomic E-state index is 0.240. The van der Waals surface area contributed by atoms with Crippen molar-refractivity contribution < 1.29 is 9.21 Å². The number of fused-ring (bicyclic) bond motifs is 1. The number of carbonyl (C=O) groups is 1. The topological polar surface area (TPSA) is 76.6 Å². The number of furan rings is 1. The van der Waals surface area contributed by atoms with Gasteiger partial charge in [-0.15, -0.1) is 11.3 Å². The molecule has 0 aliphatic rings. The van der Waals surface area contributed by atoms with E-state index < -0.39 is 11.6 Å². The molecular formula is C18H13N3O3S. The van der Waals surface area contributed by atoms with Crippen molar-refractivity contribution in [2.45, 2.75) is 6.04 Å². The Bertz CT molecular complexity index is 1070. The van der Waals surface area contributed by atoms with Gasteiger partial charge in [-0.1, -0.05) is 30.3 Å². The number of nitrogens with one attached hydrogen (secondary N) is 1. The van der Waals surface area contributed by atoms with Crippen LogP contribution in [-0.4, -0.2) is 15.3 Å². The Kier molecular flexibility index (Phi) is 3.91. The SMILES string of the molecule is O=C(N[C@@H](c1ccccc1)c1ccco1)c1cc(=O)nc2sccn12. The van der Waals surface area contributed by atoms with Gasteiger partial charge in [-0.05, 0) is 17.7 Å². The minimum atomic E-state index is -0.457. The first kappa shape index (κ1) is 15.3. The lowest BCUT2D eigenvalue weighted by Gasteiger charge is -2.17. The van der Waals surface area contributed by atoms with E-state index in [9.17, 15) is 9.59 Å². The van der Waals surface area contributed by atoms with Crippen LogP contribution in [0.1, 0.15) is 27.9 Å². The molecule has 7 heteroatoms. The van der Waals surface area contributed by atoms with Gasteiger partial charge in [-0.25, -0.2) is 0 Å². The summed E-state index contributed by atoms with van der Waals surface area (Å²) >= 11 is 1.30. The Hall–Kier alpha value is -3.19. The zero-order chi connectivity index (χ0) is 17.2. The number of amides is 1. The van der Waals surface area contributed by atoms with E-state index in [4.69, 9.17) is 4.42 Å². The van der Waals surface area contributed by atoms with Gasteiger partial charge >= 0.3 is 0 Å².